The highest BCUT2D eigenvalue weighted by Crippen LogP contribution is 2.21. The van der Waals surface area contributed by atoms with E-state index in [1.54, 1.807) is 18.2 Å². The molecule has 0 spiro atoms. The highest BCUT2D eigenvalue weighted by Gasteiger charge is 2.21. The van der Waals surface area contributed by atoms with E-state index in [4.69, 9.17) is 16.7 Å². The van der Waals surface area contributed by atoms with Crippen molar-refractivity contribution in [1.82, 2.24) is 5.32 Å². The lowest BCUT2D eigenvalue weighted by atomic mass is 10.1. The molecule has 1 amide bonds. The molecule has 0 aliphatic carbocycles. The maximum Gasteiger partial charge on any atom is 0.326 e. The molecule has 0 aliphatic heterocycles. The molecule has 1 aromatic carbocycles. The Balaban J connectivity index is 2.78. The fraction of sp³-hybridized carbons (Fsp3) is 0.333. The highest BCUT2D eigenvalue weighted by atomic mass is 79.9. The van der Waals surface area contributed by atoms with Crippen molar-refractivity contribution in [2.75, 3.05) is 12.0 Å². The summed E-state index contributed by atoms with van der Waals surface area (Å²) in [5.41, 5.74) is 0.264. The second kappa shape index (κ2) is 7.77. The summed E-state index contributed by atoms with van der Waals surface area (Å²) in [5, 5.41) is 11.8. The molecule has 0 saturated carbocycles. The number of aliphatic carboxylic acids is 1. The lowest BCUT2D eigenvalue weighted by Crippen LogP contribution is -2.41. The van der Waals surface area contributed by atoms with Crippen LogP contribution in [-0.4, -0.2) is 35.0 Å². The van der Waals surface area contributed by atoms with E-state index in [9.17, 15) is 9.59 Å². The monoisotopic (exact) mass is 365 g/mol. The average Bonchev–Trinajstić information content (AvgIpc) is 2.33. The molecular formula is C12H13BrClNO3S. The van der Waals surface area contributed by atoms with Crippen molar-refractivity contribution in [2.45, 2.75) is 12.5 Å². The van der Waals surface area contributed by atoms with Crippen LogP contribution in [0.4, 0.5) is 0 Å². The van der Waals surface area contributed by atoms with Crippen LogP contribution in [0.3, 0.4) is 0 Å². The molecule has 0 fully saturated rings. The third-order valence-corrected chi connectivity index (χ3v) is 3.84. The first kappa shape index (κ1) is 16.3. The predicted octanol–water partition coefficient (Wildman–Crippen LogP) is 3.04. The number of halogens is 2. The van der Waals surface area contributed by atoms with Crippen molar-refractivity contribution in [3.05, 3.63) is 33.3 Å². The summed E-state index contributed by atoms with van der Waals surface area (Å²) < 4.78 is 0.756. The van der Waals surface area contributed by atoms with Gasteiger partial charge in [0.15, 0.2) is 0 Å². The number of amides is 1. The van der Waals surface area contributed by atoms with Crippen molar-refractivity contribution in [3.8, 4) is 0 Å². The van der Waals surface area contributed by atoms with E-state index in [-0.39, 0.29) is 10.6 Å². The molecule has 0 aliphatic rings. The van der Waals surface area contributed by atoms with Crippen molar-refractivity contribution in [3.63, 3.8) is 0 Å². The van der Waals surface area contributed by atoms with E-state index in [0.29, 0.717) is 12.2 Å². The molecule has 4 nitrogen and oxygen atoms in total. The zero-order valence-corrected chi connectivity index (χ0v) is 13.3. The second-order valence-corrected chi connectivity index (χ2v) is 6.08. The molecule has 0 heterocycles. The first-order chi connectivity index (χ1) is 8.95. The fourth-order valence-electron chi connectivity index (χ4n) is 1.40. The van der Waals surface area contributed by atoms with Gasteiger partial charge in [-0.05, 0) is 36.6 Å². The average molecular weight is 367 g/mol. The van der Waals surface area contributed by atoms with Crippen molar-refractivity contribution >= 4 is 51.2 Å². The van der Waals surface area contributed by atoms with Gasteiger partial charge in [0.05, 0.1) is 10.6 Å². The summed E-state index contributed by atoms with van der Waals surface area (Å²) in [4.78, 5) is 23.0. The number of nitrogens with one attached hydrogen (secondary N) is 1. The van der Waals surface area contributed by atoms with Crippen molar-refractivity contribution in [2.24, 2.45) is 0 Å². The zero-order valence-electron chi connectivity index (χ0n) is 10.2. The molecule has 1 aromatic rings. The Labute approximate surface area is 129 Å². The Morgan fingerprint density at radius 3 is 2.74 bits per heavy atom. The quantitative estimate of drug-likeness (QED) is 0.812. The largest absolute Gasteiger partial charge is 0.480 e. The van der Waals surface area contributed by atoms with E-state index < -0.39 is 17.9 Å². The number of carboxylic acid groups (broad SMARTS) is 1. The first-order valence-corrected chi connectivity index (χ1v) is 8.00. The topological polar surface area (TPSA) is 66.4 Å². The van der Waals surface area contributed by atoms with Crippen LogP contribution in [0, 0.1) is 0 Å². The van der Waals surface area contributed by atoms with Gasteiger partial charge in [0, 0.05) is 4.47 Å². The van der Waals surface area contributed by atoms with E-state index in [1.165, 1.54) is 11.8 Å². The van der Waals surface area contributed by atoms with Gasteiger partial charge in [-0.3, -0.25) is 4.79 Å². The minimum absolute atomic E-state index is 0.264. The van der Waals surface area contributed by atoms with E-state index in [0.717, 1.165) is 4.47 Å². The smallest absolute Gasteiger partial charge is 0.326 e. The fourth-order valence-corrected chi connectivity index (χ4v) is 2.63. The van der Waals surface area contributed by atoms with Crippen molar-refractivity contribution in [1.29, 1.82) is 0 Å². The standard InChI is InChI=1S/C12H13BrClNO3S/c1-19-5-4-10(12(17)18)15-11(16)8-3-2-7(13)6-9(8)14/h2-3,6,10H,4-5H2,1H3,(H,15,16)(H,17,18)/t10-/m1/s1. The molecule has 0 saturated heterocycles. The van der Waals surface area contributed by atoms with Gasteiger partial charge in [-0.2, -0.15) is 11.8 Å². The molecule has 0 unspecified atom stereocenters. The Morgan fingerprint density at radius 2 is 2.21 bits per heavy atom. The number of carbonyl (C=O) groups excluding carboxylic acids is 1. The molecule has 1 atom stereocenters. The number of carbonyl (C=O) groups is 2. The Hall–Kier alpha value is -0.720. The number of carboxylic acids is 1. The van der Waals surface area contributed by atoms with E-state index in [2.05, 4.69) is 21.2 Å². The molecule has 19 heavy (non-hydrogen) atoms. The Kier molecular flexibility index (Phi) is 6.68. The van der Waals surface area contributed by atoms with Crippen LogP contribution in [0.15, 0.2) is 22.7 Å². The van der Waals surface area contributed by atoms with Crippen LogP contribution in [-0.2, 0) is 4.79 Å². The number of hydrogen-bond donors (Lipinski definition) is 2. The molecule has 7 heteroatoms. The lowest BCUT2D eigenvalue weighted by Gasteiger charge is -2.14. The number of hydrogen-bond acceptors (Lipinski definition) is 3. The minimum Gasteiger partial charge on any atom is -0.480 e. The summed E-state index contributed by atoms with van der Waals surface area (Å²) in [6, 6.07) is 3.92. The van der Waals surface area contributed by atoms with Gasteiger partial charge in [0.1, 0.15) is 6.04 Å². The molecule has 1 rings (SSSR count). The predicted molar refractivity (Wildman–Crippen MR) is 81.0 cm³/mol. The number of benzene rings is 1. The van der Waals surface area contributed by atoms with E-state index in [1.807, 2.05) is 6.26 Å². The summed E-state index contributed by atoms with van der Waals surface area (Å²) in [6.07, 6.45) is 2.25. The highest BCUT2D eigenvalue weighted by molar-refractivity contribution is 9.10. The van der Waals surface area contributed by atoms with Gasteiger partial charge in [-0.25, -0.2) is 4.79 Å². The second-order valence-electron chi connectivity index (χ2n) is 3.77. The van der Waals surface area contributed by atoms with Gasteiger partial charge < -0.3 is 10.4 Å². The maximum absolute atomic E-state index is 12.0. The Morgan fingerprint density at radius 1 is 1.53 bits per heavy atom. The van der Waals surface area contributed by atoms with Crippen LogP contribution in [0.25, 0.3) is 0 Å². The zero-order chi connectivity index (χ0) is 14.4. The lowest BCUT2D eigenvalue weighted by molar-refractivity contribution is -0.139. The number of rotatable bonds is 6. The van der Waals surface area contributed by atoms with Crippen LogP contribution in [0.5, 0.6) is 0 Å². The normalized spacial score (nSPS) is 11.9. The minimum atomic E-state index is -1.05. The molecular weight excluding hydrogens is 354 g/mol. The van der Waals surface area contributed by atoms with Gasteiger partial charge in [-0.1, -0.05) is 27.5 Å². The van der Waals surface area contributed by atoms with Gasteiger partial charge in [0.2, 0.25) is 0 Å². The third-order valence-electron chi connectivity index (χ3n) is 2.39. The summed E-state index contributed by atoms with van der Waals surface area (Å²) >= 11 is 10.7. The van der Waals surface area contributed by atoms with Gasteiger partial charge >= 0.3 is 5.97 Å². The maximum atomic E-state index is 12.0. The molecule has 0 radical (unpaired) electrons. The third kappa shape index (κ3) is 5.04. The van der Waals surface area contributed by atoms with Crippen LogP contribution in [0.2, 0.25) is 5.02 Å². The Bertz CT molecular complexity index is 484. The van der Waals surface area contributed by atoms with Crippen molar-refractivity contribution < 1.29 is 14.7 Å². The van der Waals surface area contributed by atoms with E-state index >= 15 is 0 Å². The first-order valence-electron chi connectivity index (χ1n) is 5.43. The molecule has 0 bridgehead atoms. The molecule has 104 valence electrons. The van der Waals surface area contributed by atoms with Crippen LogP contribution >= 0.6 is 39.3 Å². The number of thioether (sulfide) groups is 1. The summed E-state index contributed by atoms with van der Waals surface area (Å²) in [6.45, 7) is 0. The molecule has 2 N–H and O–H groups in total. The van der Waals surface area contributed by atoms with Crippen LogP contribution < -0.4 is 5.32 Å². The summed E-state index contributed by atoms with van der Waals surface area (Å²) in [5.74, 6) is -0.868. The summed E-state index contributed by atoms with van der Waals surface area (Å²) in [7, 11) is 0. The SMILES string of the molecule is CSCC[C@@H](NC(=O)c1ccc(Br)cc1Cl)C(=O)O. The molecule has 0 aromatic heterocycles. The van der Waals surface area contributed by atoms with Gasteiger partial charge in [0.25, 0.3) is 5.91 Å². The van der Waals surface area contributed by atoms with Crippen LogP contribution in [0.1, 0.15) is 16.8 Å². The van der Waals surface area contributed by atoms with Gasteiger partial charge in [-0.15, -0.1) is 0 Å².